The number of nitrogens with zero attached hydrogens (tertiary/aromatic N) is 1. The maximum atomic E-state index is 12.7. The molecule has 0 atom stereocenters. The molecule has 0 saturated carbocycles. The molecule has 0 spiro atoms. The predicted molar refractivity (Wildman–Crippen MR) is 72.2 cm³/mol. The second-order valence-electron chi connectivity index (χ2n) is 4.08. The molecule has 1 rings (SSSR count). The highest BCUT2D eigenvalue weighted by Crippen LogP contribution is 2.02. The summed E-state index contributed by atoms with van der Waals surface area (Å²) in [6, 6.07) is 7.49. The summed E-state index contributed by atoms with van der Waals surface area (Å²) in [5.41, 5.74) is 0.624. The summed E-state index contributed by atoms with van der Waals surface area (Å²) in [6.45, 7) is 0.277. The lowest BCUT2D eigenvalue weighted by Crippen LogP contribution is -2.27. The number of amides is 1. The summed E-state index contributed by atoms with van der Waals surface area (Å²) in [5.74, 6) is -2.03. The fraction of sp³-hybridized carbons (Fsp3) is 0.214. The second-order valence-corrected chi connectivity index (χ2v) is 4.08. The number of benzene rings is 1. The maximum Gasteiger partial charge on any atom is 0.305 e. The number of carboxylic acids is 1. The molecule has 3 N–H and O–H groups in total. The Kier molecular flexibility index (Phi) is 6.41. The SMILES string of the molecule is N#C/C(=C/NCc1ccc(F)cc1)C(=O)NCCC(=O)O. The van der Waals surface area contributed by atoms with E-state index in [9.17, 15) is 14.0 Å². The Labute approximate surface area is 120 Å². The molecule has 0 fully saturated rings. The van der Waals surface area contributed by atoms with Gasteiger partial charge in [0.2, 0.25) is 0 Å². The Bertz CT molecular complexity index is 576. The first-order chi connectivity index (χ1) is 10.0. The molecule has 0 aromatic heterocycles. The highest BCUT2D eigenvalue weighted by Gasteiger charge is 2.08. The van der Waals surface area contributed by atoms with Gasteiger partial charge in [-0.2, -0.15) is 5.26 Å². The van der Waals surface area contributed by atoms with Gasteiger partial charge in [-0.15, -0.1) is 0 Å². The normalized spacial score (nSPS) is 10.6. The van der Waals surface area contributed by atoms with E-state index >= 15 is 0 Å². The zero-order valence-corrected chi connectivity index (χ0v) is 11.1. The Morgan fingerprint density at radius 2 is 2.00 bits per heavy atom. The third-order valence-electron chi connectivity index (χ3n) is 2.46. The van der Waals surface area contributed by atoms with Gasteiger partial charge in [-0.3, -0.25) is 9.59 Å². The molecule has 0 heterocycles. The average Bonchev–Trinajstić information content (AvgIpc) is 2.45. The van der Waals surface area contributed by atoms with Crippen LogP contribution in [0, 0.1) is 17.1 Å². The number of aliphatic carboxylic acids is 1. The van der Waals surface area contributed by atoms with Crippen LogP contribution >= 0.6 is 0 Å². The van der Waals surface area contributed by atoms with Crippen LogP contribution in [0.2, 0.25) is 0 Å². The third-order valence-corrected chi connectivity index (χ3v) is 2.46. The number of nitrogens with one attached hydrogen (secondary N) is 2. The van der Waals surface area contributed by atoms with Crippen molar-refractivity contribution in [1.29, 1.82) is 5.26 Å². The van der Waals surface area contributed by atoms with Crippen molar-refractivity contribution >= 4 is 11.9 Å². The Balaban J connectivity index is 2.47. The van der Waals surface area contributed by atoms with E-state index < -0.39 is 11.9 Å². The Hall–Kier alpha value is -2.88. The van der Waals surface area contributed by atoms with Gasteiger partial charge in [-0.05, 0) is 17.7 Å². The smallest absolute Gasteiger partial charge is 0.305 e. The summed E-state index contributed by atoms with van der Waals surface area (Å²) in [7, 11) is 0. The van der Waals surface area contributed by atoms with Crippen molar-refractivity contribution in [2.75, 3.05) is 6.54 Å². The van der Waals surface area contributed by atoms with Crippen LogP contribution in [0.5, 0.6) is 0 Å². The molecule has 7 heteroatoms. The largest absolute Gasteiger partial charge is 0.481 e. The van der Waals surface area contributed by atoms with Crippen LogP contribution < -0.4 is 10.6 Å². The van der Waals surface area contributed by atoms with E-state index in [0.29, 0.717) is 6.54 Å². The number of carbonyl (C=O) groups is 2. The molecule has 110 valence electrons. The van der Waals surface area contributed by atoms with Gasteiger partial charge in [0.15, 0.2) is 0 Å². The van der Waals surface area contributed by atoms with Gasteiger partial charge in [0.05, 0.1) is 6.42 Å². The number of halogens is 1. The van der Waals surface area contributed by atoms with Gasteiger partial charge < -0.3 is 15.7 Å². The fourth-order valence-electron chi connectivity index (χ4n) is 1.40. The van der Waals surface area contributed by atoms with E-state index in [1.807, 2.05) is 0 Å². The lowest BCUT2D eigenvalue weighted by molar-refractivity contribution is -0.136. The van der Waals surface area contributed by atoms with Crippen molar-refractivity contribution in [1.82, 2.24) is 10.6 Å². The Morgan fingerprint density at radius 1 is 1.33 bits per heavy atom. The van der Waals surface area contributed by atoms with Gasteiger partial charge in [-0.1, -0.05) is 12.1 Å². The van der Waals surface area contributed by atoms with Gasteiger partial charge in [0, 0.05) is 19.3 Å². The van der Waals surface area contributed by atoms with E-state index in [1.165, 1.54) is 18.3 Å². The number of carbonyl (C=O) groups excluding carboxylic acids is 1. The van der Waals surface area contributed by atoms with Gasteiger partial charge in [0.25, 0.3) is 5.91 Å². The molecule has 6 nitrogen and oxygen atoms in total. The van der Waals surface area contributed by atoms with E-state index in [-0.39, 0.29) is 24.4 Å². The van der Waals surface area contributed by atoms with Crippen LogP contribution in [0.1, 0.15) is 12.0 Å². The standard InChI is InChI=1S/C14H14FN3O3/c15-12-3-1-10(2-4-12)8-17-9-11(7-16)14(21)18-6-5-13(19)20/h1-4,9,17H,5-6,8H2,(H,18,21)(H,19,20)/b11-9-. The maximum absolute atomic E-state index is 12.7. The molecule has 0 aliphatic carbocycles. The minimum atomic E-state index is -1.03. The number of rotatable bonds is 7. The van der Waals surface area contributed by atoms with Crippen molar-refractivity contribution in [2.45, 2.75) is 13.0 Å². The first kappa shape index (κ1) is 16.2. The van der Waals surface area contributed by atoms with Gasteiger partial charge >= 0.3 is 5.97 Å². The summed E-state index contributed by atoms with van der Waals surface area (Å²) < 4.78 is 12.7. The molecule has 0 saturated heterocycles. The van der Waals surface area contributed by atoms with Crippen LogP contribution in [0.3, 0.4) is 0 Å². The quantitative estimate of drug-likeness (QED) is 0.512. The van der Waals surface area contributed by atoms with Crippen LogP contribution in [0.25, 0.3) is 0 Å². The van der Waals surface area contributed by atoms with E-state index in [1.54, 1.807) is 18.2 Å². The minimum absolute atomic E-state index is 0.0504. The predicted octanol–water partition coefficient (Wildman–Crippen LogP) is 0.914. The molecule has 21 heavy (non-hydrogen) atoms. The van der Waals surface area contributed by atoms with Gasteiger partial charge in [-0.25, -0.2) is 4.39 Å². The number of nitriles is 1. The number of hydrogen-bond acceptors (Lipinski definition) is 4. The monoisotopic (exact) mass is 291 g/mol. The lowest BCUT2D eigenvalue weighted by atomic mass is 10.2. The molecule has 1 aromatic carbocycles. The zero-order chi connectivity index (χ0) is 15.7. The summed E-state index contributed by atoms with van der Waals surface area (Å²) in [5, 5.41) is 22.4. The molecule has 0 radical (unpaired) electrons. The van der Waals surface area contributed by atoms with Crippen molar-refractivity contribution < 1.29 is 19.1 Å². The number of hydrogen-bond donors (Lipinski definition) is 3. The van der Waals surface area contributed by atoms with Crippen LogP contribution in [-0.2, 0) is 16.1 Å². The minimum Gasteiger partial charge on any atom is -0.481 e. The van der Waals surface area contributed by atoms with Crippen molar-refractivity contribution in [2.24, 2.45) is 0 Å². The van der Waals surface area contributed by atoms with Crippen molar-refractivity contribution in [3.8, 4) is 6.07 Å². The Morgan fingerprint density at radius 3 is 2.57 bits per heavy atom. The molecule has 0 aliphatic rings. The molecule has 0 unspecified atom stereocenters. The zero-order valence-electron chi connectivity index (χ0n) is 11.1. The third kappa shape index (κ3) is 6.20. The fourth-order valence-corrected chi connectivity index (χ4v) is 1.40. The molecular formula is C14H14FN3O3. The first-order valence-electron chi connectivity index (χ1n) is 6.11. The molecule has 0 bridgehead atoms. The summed E-state index contributed by atoms with van der Waals surface area (Å²) in [4.78, 5) is 21.9. The molecule has 0 aliphatic heterocycles. The highest BCUT2D eigenvalue weighted by molar-refractivity contribution is 5.97. The molecule has 1 aromatic rings. The van der Waals surface area contributed by atoms with Crippen LogP contribution in [0.4, 0.5) is 4.39 Å². The second kappa shape index (κ2) is 8.32. The summed E-state index contributed by atoms with van der Waals surface area (Å²) in [6.07, 6.45) is 1.02. The van der Waals surface area contributed by atoms with E-state index in [2.05, 4.69) is 10.6 Å². The van der Waals surface area contributed by atoms with E-state index in [0.717, 1.165) is 5.56 Å². The first-order valence-corrected chi connectivity index (χ1v) is 6.11. The van der Waals surface area contributed by atoms with Crippen molar-refractivity contribution in [3.63, 3.8) is 0 Å². The topological polar surface area (TPSA) is 102 Å². The average molecular weight is 291 g/mol. The molecule has 1 amide bonds. The van der Waals surface area contributed by atoms with Crippen LogP contribution in [0.15, 0.2) is 36.0 Å². The number of carboxylic acid groups (broad SMARTS) is 1. The highest BCUT2D eigenvalue weighted by atomic mass is 19.1. The van der Waals surface area contributed by atoms with E-state index in [4.69, 9.17) is 10.4 Å². The molecular weight excluding hydrogens is 277 g/mol. The van der Waals surface area contributed by atoms with Gasteiger partial charge in [0.1, 0.15) is 17.5 Å². The van der Waals surface area contributed by atoms with Crippen LogP contribution in [-0.4, -0.2) is 23.5 Å². The lowest BCUT2D eigenvalue weighted by Gasteiger charge is -2.04. The summed E-state index contributed by atoms with van der Waals surface area (Å²) >= 11 is 0. The van der Waals surface area contributed by atoms with Crippen molar-refractivity contribution in [3.05, 3.63) is 47.4 Å².